The summed E-state index contributed by atoms with van der Waals surface area (Å²) >= 11 is 0. The molecule has 0 fully saturated rings. The molecule has 0 aliphatic heterocycles. The van der Waals surface area contributed by atoms with Crippen LogP contribution in [-0.2, 0) is 6.54 Å². The van der Waals surface area contributed by atoms with Crippen LogP contribution in [0.3, 0.4) is 0 Å². The van der Waals surface area contributed by atoms with E-state index in [9.17, 15) is 0 Å². The Morgan fingerprint density at radius 3 is 3.00 bits per heavy atom. The fourth-order valence-corrected chi connectivity index (χ4v) is 1.38. The molecule has 2 heterocycles. The van der Waals surface area contributed by atoms with E-state index < -0.39 is 0 Å². The summed E-state index contributed by atoms with van der Waals surface area (Å²) in [6, 6.07) is 1.82. The standard InChI is InChI=1S/C10H14N6/c1-8-12-5-3-9(13-8)10-7-16(15-14-10)6-2-4-11/h3,5,7H,2,4,6,11H2,1H3. The normalized spacial score (nSPS) is 10.6. The summed E-state index contributed by atoms with van der Waals surface area (Å²) in [6.07, 6.45) is 4.49. The van der Waals surface area contributed by atoms with Crippen LogP contribution in [0, 0.1) is 6.92 Å². The molecule has 0 aromatic carbocycles. The van der Waals surface area contributed by atoms with E-state index in [0.717, 1.165) is 30.2 Å². The van der Waals surface area contributed by atoms with Crippen molar-refractivity contribution in [2.75, 3.05) is 6.54 Å². The van der Waals surface area contributed by atoms with Crippen LogP contribution in [-0.4, -0.2) is 31.5 Å². The monoisotopic (exact) mass is 218 g/mol. The van der Waals surface area contributed by atoms with Crippen molar-refractivity contribution < 1.29 is 0 Å². The molecule has 0 saturated heterocycles. The molecule has 0 atom stereocenters. The van der Waals surface area contributed by atoms with E-state index >= 15 is 0 Å². The van der Waals surface area contributed by atoms with E-state index in [0.29, 0.717) is 6.54 Å². The third kappa shape index (κ3) is 2.40. The highest BCUT2D eigenvalue weighted by molar-refractivity contribution is 5.51. The van der Waals surface area contributed by atoms with Crippen molar-refractivity contribution >= 4 is 0 Å². The van der Waals surface area contributed by atoms with Crippen molar-refractivity contribution in [2.24, 2.45) is 5.73 Å². The van der Waals surface area contributed by atoms with Crippen molar-refractivity contribution in [3.8, 4) is 11.4 Å². The van der Waals surface area contributed by atoms with Crippen LogP contribution in [0.1, 0.15) is 12.2 Å². The molecule has 84 valence electrons. The van der Waals surface area contributed by atoms with E-state index in [1.165, 1.54) is 0 Å². The zero-order valence-electron chi connectivity index (χ0n) is 9.17. The Labute approximate surface area is 93.5 Å². The van der Waals surface area contributed by atoms with Gasteiger partial charge in [-0.05, 0) is 26.0 Å². The van der Waals surface area contributed by atoms with Crippen molar-refractivity contribution in [1.82, 2.24) is 25.0 Å². The van der Waals surface area contributed by atoms with Crippen LogP contribution in [0.25, 0.3) is 11.4 Å². The summed E-state index contributed by atoms with van der Waals surface area (Å²) < 4.78 is 1.78. The predicted molar refractivity (Wildman–Crippen MR) is 59.5 cm³/mol. The smallest absolute Gasteiger partial charge is 0.131 e. The SMILES string of the molecule is Cc1nccc(-c2cn(CCCN)nn2)n1. The van der Waals surface area contributed by atoms with Crippen LogP contribution >= 0.6 is 0 Å². The van der Waals surface area contributed by atoms with Crippen LogP contribution < -0.4 is 5.73 Å². The lowest BCUT2D eigenvalue weighted by Crippen LogP contribution is -2.06. The van der Waals surface area contributed by atoms with Crippen LogP contribution in [0.5, 0.6) is 0 Å². The second-order valence-corrected chi connectivity index (χ2v) is 3.50. The molecule has 0 aliphatic rings. The van der Waals surface area contributed by atoms with E-state index in [2.05, 4.69) is 20.3 Å². The number of aryl methyl sites for hydroxylation is 2. The molecule has 2 aromatic heterocycles. The summed E-state index contributed by atoms with van der Waals surface area (Å²) in [5.74, 6) is 0.731. The van der Waals surface area contributed by atoms with Crippen molar-refractivity contribution in [3.05, 3.63) is 24.3 Å². The molecule has 0 unspecified atom stereocenters. The molecule has 0 radical (unpaired) electrons. The summed E-state index contributed by atoms with van der Waals surface area (Å²) in [5.41, 5.74) is 7.00. The third-order valence-corrected chi connectivity index (χ3v) is 2.17. The Hall–Kier alpha value is -1.82. The Balaban J connectivity index is 2.18. The van der Waals surface area contributed by atoms with E-state index in [1.54, 1.807) is 10.9 Å². The minimum Gasteiger partial charge on any atom is -0.330 e. The average Bonchev–Trinajstić information content (AvgIpc) is 2.75. The number of hydrogen-bond donors (Lipinski definition) is 1. The zero-order valence-corrected chi connectivity index (χ0v) is 9.17. The van der Waals surface area contributed by atoms with Gasteiger partial charge in [0.15, 0.2) is 0 Å². The molecule has 0 bridgehead atoms. The molecule has 2 N–H and O–H groups in total. The van der Waals surface area contributed by atoms with Gasteiger partial charge in [-0.1, -0.05) is 5.21 Å². The molecule has 0 aliphatic carbocycles. The molecule has 2 rings (SSSR count). The lowest BCUT2D eigenvalue weighted by Gasteiger charge is -1.96. The third-order valence-electron chi connectivity index (χ3n) is 2.17. The van der Waals surface area contributed by atoms with Gasteiger partial charge in [-0.15, -0.1) is 5.10 Å². The van der Waals surface area contributed by atoms with Gasteiger partial charge in [0.25, 0.3) is 0 Å². The van der Waals surface area contributed by atoms with Crippen molar-refractivity contribution in [3.63, 3.8) is 0 Å². The van der Waals surface area contributed by atoms with Gasteiger partial charge in [-0.25, -0.2) is 9.97 Å². The molecular weight excluding hydrogens is 204 g/mol. The molecule has 0 spiro atoms. The van der Waals surface area contributed by atoms with Crippen LogP contribution in [0.2, 0.25) is 0 Å². The van der Waals surface area contributed by atoms with Gasteiger partial charge in [0.2, 0.25) is 0 Å². The minimum atomic E-state index is 0.655. The first-order valence-corrected chi connectivity index (χ1v) is 5.20. The van der Waals surface area contributed by atoms with Gasteiger partial charge in [-0.3, -0.25) is 4.68 Å². The van der Waals surface area contributed by atoms with Crippen molar-refractivity contribution in [1.29, 1.82) is 0 Å². The number of rotatable bonds is 4. The van der Waals surface area contributed by atoms with E-state index in [1.807, 2.05) is 19.2 Å². The highest BCUT2D eigenvalue weighted by Crippen LogP contribution is 2.12. The lowest BCUT2D eigenvalue weighted by atomic mass is 10.3. The lowest BCUT2D eigenvalue weighted by molar-refractivity contribution is 0.564. The Bertz CT molecular complexity index is 464. The van der Waals surface area contributed by atoms with Gasteiger partial charge < -0.3 is 5.73 Å². The van der Waals surface area contributed by atoms with E-state index in [4.69, 9.17) is 5.73 Å². The first-order chi connectivity index (χ1) is 7.79. The molecule has 0 amide bonds. The van der Waals surface area contributed by atoms with Crippen LogP contribution in [0.15, 0.2) is 18.5 Å². The van der Waals surface area contributed by atoms with Gasteiger partial charge in [0.05, 0.1) is 11.9 Å². The summed E-state index contributed by atoms with van der Waals surface area (Å²) in [4.78, 5) is 8.32. The van der Waals surface area contributed by atoms with Crippen molar-refractivity contribution in [2.45, 2.75) is 19.9 Å². The predicted octanol–water partition coefficient (Wildman–Crippen LogP) is 0.392. The molecule has 0 saturated carbocycles. The number of aromatic nitrogens is 5. The summed E-state index contributed by atoms with van der Waals surface area (Å²) in [5, 5.41) is 8.07. The van der Waals surface area contributed by atoms with Gasteiger partial charge >= 0.3 is 0 Å². The highest BCUT2D eigenvalue weighted by atomic mass is 15.4. The molecule has 6 heteroatoms. The number of nitrogens with zero attached hydrogens (tertiary/aromatic N) is 5. The first kappa shape index (κ1) is 10.7. The Morgan fingerprint density at radius 1 is 1.38 bits per heavy atom. The van der Waals surface area contributed by atoms with Crippen LogP contribution in [0.4, 0.5) is 0 Å². The molecule has 2 aromatic rings. The zero-order chi connectivity index (χ0) is 11.4. The number of nitrogens with two attached hydrogens (primary N) is 1. The molecule has 6 nitrogen and oxygen atoms in total. The topological polar surface area (TPSA) is 82.5 Å². The maximum Gasteiger partial charge on any atom is 0.131 e. The summed E-state index contributed by atoms with van der Waals surface area (Å²) in [7, 11) is 0. The highest BCUT2D eigenvalue weighted by Gasteiger charge is 2.05. The van der Waals surface area contributed by atoms with Gasteiger partial charge in [0.1, 0.15) is 11.5 Å². The van der Waals surface area contributed by atoms with Gasteiger partial charge in [0, 0.05) is 12.7 Å². The largest absolute Gasteiger partial charge is 0.330 e. The maximum absolute atomic E-state index is 5.43. The second-order valence-electron chi connectivity index (χ2n) is 3.50. The Morgan fingerprint density at radius 2 is 2.25 bits per heavy atom. The Kier molecular flexibility index (Phi) is 3.21. The quantitative estimate of drug-likeness (QED) is 0.802. The van der Waals surface area contributed by atoms with E-state index in [-0.39, 0.29) is 0 Å². The fourth-order valence-electron chi connectivity index (χ4n) is 1.38. The maximum atomic E-state index is 5.43. The summed E-state index contributed by atoms with van der Waals surface area (Å²) in [6.45, 7) is 3.29. The second kappa shape index (κ2) is 4.80. The molecule has 16 heavy (non-hydrogen) atoms. The number of hydrogen-bond acceptors (Lipinski definition) is 5. The van der Waals surface area contributed by atoms with Gasteiger partial charge in [-0.2, -0.15) is 0 Å². The average molecular weight is 218 g/mol. The fraction of sp³-hybridized carbons (Fsp3) is 0.400. The molecular formula is C10H14N6. The minimum absolute atomic E-state index is 0.655. The first-order valence-electron chi connectivity index (χ1n) is 5.20.